The van der Waals surface area contributed by atoms with Crippen LogP contribution in [0.3, 0.4) is 0 Å². The maximum absolute atomic E-state index is 5.32. The molecule has 21 heavy (non-hydrogen) atoms. The molecule has 0 saturated carbocycles. The highest BCUT2D eigenvalue weighted by Crippen LogP contribution is 2.29. The minimum Gasteiger partial charge on any atom is -0.495 e. The van der Waals surface area contributed by atoms with Gasteiger partial charge in [-0.15, -0.1) is 0 Å². The zero-order valence-corrected chi connectivity index (χ0v) is 13.9. The van der Waals surface area contributed by atoms with E-state index < -0.39 is 0 Å². The van der Waals surface area contributed by atoms with Crippen molar-refractivity contribution in [2.45, 2.75) is 13.0 Å². The van der Waals surface area contributed by atoms with Crippen LogP contribution in [0.25, 0.3) is 0 Å². The predicted molar refractivity (Wildman–Crippen MR) is 91.4 cm³/mol. The first-order valence-electron chi connectivity index (χ1n) is 7.08. The standard InChI is InChI=1S/C17H19BrN2O/c1-20-8-7-13-9-12(3-6-16(13)20)11-19-14-4-5-15(18)17(10-14)21-2/h3-6,9-10,19H,7-8,11H2,1-2H3. The Morgan fingerprint density at radius 2 is 2.10 bits per heavy atom. The number of likely N-dealkylation sites (N-methyl/N-ethyl adjacent to an activating group) is 1. The van der Waals surface area contributed by atoms with Crippen LogP contribution in [0, 0.1) is 0 Å². The Bertz CT molecular complexity index is 657. The maximum Gasteiger partial charge on any atom is 0.135 e. The molecule has 2 aromatic carbocycles. The molecule has 110 valence electrons. The van der Waals surface area contributed by atoms with Crippen molar-refractivity contribution in [1.29, 1.82) is 0 Å². The highest BCUT2D eigenvalue weighted by molar-refractivity contribution is 9.10. The van der Waals surface area contributed by atoms with Gasteiger partial charge < -0.3 is 15.0 Å². The Morgan fingerprint density at radius 3 is 2.90 bits per heavy atom. The summed E-state index contributed by atoms with van der Waals surface area (Å²) in [5, 5.41) is 3.45. The Labute approximate surface area is 134 Å². The number of hydrogen-bond donors (Lipinski definition) is 1. The second-order valence-corrected chi connectivity index (χ2v) is 6.19. The third-order valence-corrected chi connectivity index (χ3v) is 4.57. The lowest BCUT2D eigenvalue weighted by atomic mass is 10.1. The van der Waals surface area contributed by atoms with Crippen LogP contribution in [0.5, 0.6) is 5.75 Å². The van der Waals surface area contributed by atoms with Crippen molar-refractivity contribution in [1.82, 2.24) is 0 Å². The van der Waals surface area contributed by atoms with Crippen molar-refractivity contribution >= 4 is 27.3 Å². The van der Waals surface area contributed by atoms with Crippen molar-refractivity contribution in [3.8, 4) is 5.75 Å². The predicted octanol–water partition coefficient (Wildman–Crippen LogP) is 4.06. The van der Waals surface area contributed by atoms with E-state index in [-0.39, 0.29) is 0 Å². The van der Waals surface area contributed by atoms with Crippen LogP contribution in [-0.4, -0.2) is 20.7 Å². The summed E-state index contributed by atoms with van der Waals surface area (Å²) in [6, 6.07) is 12.8. The summed E-state index contributed by atoms with van der Waals surface area (Å²) in [5.74, 6) is 0.843. The molecule has 1 aliphatic rings. The van der Waals surface area contributed by atoms with Crippen LogP contribution in [0.4, 0.5) is 11.4 Å². The first kappa shape index (κ1) is 14.3. The molecule has 2 aromatic rings. The SMILES string of the molecule is COc1cc(NCc2ccc3c(c2)CCN3C)ccc1Br. The average molecular weight is 347 g/mol. The molecule has 0 unspecified atom stereocenters. The molecule has 1 N–H and O–H groups in total. The minimum atomic E-state index is 0.821. The molecule has 0 spiro atoms. The molecule has 3 nitrogen and oxygen atoms in total. The summed E-state index contributed by atoms with van der Waals surface area (Å²) in [6.45, 7) is 1.94. The fourth-order valence-corrected chi connectivity index (χ4v) is 3.11. The summed E-state index contributed by atoms with van der Waals surface area (Å²) in [4.78, 5) is 2.31. The molecule has 0 bridgehead atoms. The lowest BCUT2D eigenvalue weighted by Crippen LogP contribution is -2.12. The van der Waals surface area contributed by atoms with Crippen LogP contribution >= 0.6 is 15.9 Å². The first-order valence-corrected chi connectivity index (χ1v) is 7.87. The van der Waals surface area contributed by atoms with E-state index in [2.05, 4.69) is 51.4 Å². The Kier molecular flexibility index (Phi) is 4.06. The number of methoxy groups -OCH3 is 1. The molecular formula is C17H19BrN2O. The number of nitrogens with zero attached hydrogens (tertiary/aromatic N) is 1. The fourth-order valence-electron chi connectivity index (χ4n) is 2.70. The molecule has 1 aliphatic heterocycles. The molecule has 0 saturated heterocycles. The maximum atomic E-state index is 5.32. The van der Waals surface area contributed by atoms with E-state index in [1.165, 1.54) is 16.8 Å². The normalized spacial score (nSPS) is 13.2. The van der Waals surface area contributed by atoms with Gasteiger partial charge in [0.2, 0.25) is 0 Å². The summed E-state index contributed by atoms with van der Waals surface area (Å²) in [5.41, 5.74) is 5.19. The van der Waals surface area contributed by atoms with Crippen LogP contribution in [0.2, 0.25) is 0 Å². The quantitative estimate of drug-likeness (QED) is 0.903. The van der Waals surface area contributed by atoms with Gasteiger partial charge in [0.05, 0.1) is 11.6 Å². The summed E-state index contributed by atoms with van der Waals surface area (Å²) < 4.78 is 6.29. The number of anilines is 2. The van der Waals surface area contributed by atoms with E-state index in [0.29, 0.717) is 0 Å². The number of nitrogens with one attached hydrogen (secondary N) is 1. The Balaban J connectivity index is 1.71. The second kappa shape index (κ2) is 5.98. The molecule has 0 aromatic heterocycles. The molecule has 0 radical (unpaired) electrons. The monoisotopic (exact) mass is 346 g/mol. The van der Waals surface area contributed by atoms with Gasteiger partial charge in [-0.25, -0.2) is 0 Å². The van der Waals surface area contributed by atoms with Gasteiger partial charge in [-0.3, -0.25) is 0 Å². The van der Waals surface area contributed by atoms with E-state index in [1.807, 2.05) is 18.2 Å². The highest BCUT2D eigenvalue weighted by Gasteiger charge is 2.15. The third kappa shape index (κ3) is 3.00. The molecule has 0 fully saturated rings. The lowest BCUT2D eigenvalue weighted by molar-refractivity contribution is 0.412. The summed E-state index contributed by atoms with van der Waals surface area (Å²) in [7, 11) is 3.83. The van der Waals surface area contributed by atoms with Gasteiger partial charge >= 0.3 is 0 Å². The van der Waals surface area contributed by atoms with Gasteiger partial charge in [0, 0.05) is 37.6 Å². The van der Waals surface area contributed by atoms with Gasteiger partial charge in [0.25, 0.3) is 0 Å². The average Bonchev–Trinajstić information content (AvgIpc) is 2.87. The second-order valence-electron chi connectivity index (χ2n) is 5.34. The molecule has 0 aliphatic carbocycles. The number of fused-ring (bicyclic) bond motifs is 1. The van der Waals surface area contributed by atoms with Crippen molar-refractivity contribution in [2.24, 2.45) is 0 Å². The molecule has 0 amide bonds. The molecule has 3 rings (SSSR count). The minimum absolute atomic E-state index is 0.821. The van der Waals surface area contributed by atoms with E-state index in [4.69, 9.17) is 4.74 Å². The van der Waals surface area contributed by atoms with Crippen molar-refractivity contribution < 1.29 is 4.74 Å². The van der Waals surface area contributed by atoms with Gasteiger partial charge in [0.15, 0.2) is 0 Å². The Hall–Kier alpha value is -1.68. The lowest BCUT2D eigenvalue weighted by Gasteiger charge is -2.13. The van der Waals surface area contributed by atoms with Gasteiger partial charge in [-0.1, -0.05) is 12.1 Å². The number of benzene rings is 2. The van der Waals surface area contributed by atoms with Crippen LogP contribution in [0.15, 0.2) is 40.9 Å². The zero-order valence-electron chi connectivity index (χ0n) is 12.3. The summed E-state index contributed by atoms with van der Waals surface area (Å²) in [6.07, 6.45) is 1.14. The fraction of sp³-hybridized carbons (Fsp3) is 0.294. The molecule has 1 heterocycles. The van der Waals surface area contributed by atoms with Crippen molar-refractivity contribution in [3.63, 3.8) is 0 Å². The Morgan fingerprint density at radius 1 is 1.24 bits per heavy atom. The van der Waals surface area contributed by atoms with E-state index in [1.54, 1.807) is 7.11 Å². The van der Waals surface area contributed by atoms with Gasteiger partial charge in [-0.2, -0.15) is 0 Å². The number of ether oxygens (including phenoxy) is 1. The van der Waals surface area contributed by atoms with Crippen LogP contribution in [-0.2, 0) is 13.0 Å². The van der Waals surface area contributed by atoms with Crippen LogP contribution < -0.4 is 15.0 Å². The van der Waals surface area contributed by atoms with Gasteiger partial charge in [-0.05, 0) is 51.7 Å². The van der Waals surface area contributed by atoms with E-state index >= 15 is 0 Å². The van der Waals surface area contributed by atoms with Crippen molar-refractivity contribution in [2.75, 3.05) is 30.9 Å². The third-order valence-electron chi connectivity index (χ3n) is 3.92. The number of hydrogen-bond acceptors (Lipinski definition) is 3. The molecular weight excluding hydrogens is 328 g/mol. The molecule has 0 atom stereocenters. The largest absolute Gasteiger partial charge is 0.495 e. The smallest absolute Gasteiger partial charge is 0.135 e. The van der Waals surface area contributed by atoms with E-state index in [9.17, 15) is 0 Å². The molecule has 4 heteroatoms. The number of rotatable bonds is 4. The first-order chi connectivity index (χ1) is 10.2. The topological polar surface area (TPSA) is 24.5 Å². The van der Waals surface area contributed by atoms with Gasteiger partial charge in [0.1, 0.15) is 5.75 Å². The van der Waals surface area contributed by atoms with Crippen molar-refractivity contribution in [3.05, 3.63) is 52.0 Å². The van der Waals surface area contributed by atoms with Crippen LogP contribution in [0.1, 0.15) is 11.1 Å². The zero-order chi connectivity index (χ0) is 14.8. The highest BCUT2D eigenvalue weighted by atomic mass is 79.9. The summed E-state index contributed by atoms with van der Waals surface area (Å²) >= 11 is 3.47. The van der Waals surface area contributed by atoms with E-state index in [0.717, 1.165) is 35.4 Å². The number of halogens is 1.